The second-order valence-electron chi connectivity index (χ2n) is 9.91. The van der Waals surface area contributed by atoms with Gasteiger partial charge >= 0.3 is 11.9 Å². The van der Waals surface area contributed by atoms with E-state index in [1.807, 2.05) is 43.3 Å². The lowest BCUT2D eigenvalue weighted by Gasteiger charge is -2.13. The molecule has 0 aromatic heterocycles. The topological polar surface area (TPSA) is 61.8 Å². The van der Waals surface area contributed by atoms with Crippen molar-refractivity contribution < 1.29 is 23.8 Å². The number of benzene rings is 3. The third-order valence-electron chi connectivity index (χ3n) is 6.61. The molecule has 0 radical (unpaired) electrons. The summed E-state index contributed by atoms with van der Waals surface area (Å²) in [5.41, 5.74) is 2.88. The van der Waals surface area contributed by atoms with Gasteiger partial charge in [0.1, 0.15) is 11.5 Å². The maximum Gasteiger partial charge on any atom is 0.343 e. The molecule has 5 nitrogen and oxygen atoms in total. The fourth-order valence-electron chi connectivity index (χ4n) is 3.89. The highest BCUT2D eigenvalue weighted by molar-refractivity contribution is 5.92. The molecule has 0 aliphatic rings. The molecule has 5 heteroatoms. The summed E-state index contributed by atoms with van der Waals surface area (Å²) in [5, 5.41) is 0. The third kappa shape index (κ3) is 9.05. The van der Waals surface area contributed by atoms with E-state index in [0.29, 0.717) is 29.4 Å². The first kappa shape index (κ1) is 29.0. The second-order valence-corrected chi connectivity index (χ2v) is 9.91. The average molecular weight is 517 g/mol. The minimum absolute atomic E-state index is 0.0905. The molecular weight excluding hydrogens is 476 g/mol. The van der Waals surface area contributed by atoms with Crippen LogP contribution in [0.5, 0.6) is 11.5 Å². The standard InChI is InChI=1S/C33H40O5/c1-5-7-8-9-10-25(4)37-32(34)28-15-11-26(12-16-28)27-13-17-29(18-14-27)33(35)38-31-21-19-30(20-22-31)36-23-24(3)6-2/h11-22,24-25H,5-10,23H2,1-4H3/t24-,25+/m0/s1. The van der Waals surface area contributed by atoms with Crippen LogP contribution in [0, 0.1) is 5.92 Å². The molecule has 38 heavy (non-hydrogen) atoms. The summed E-state index contributed by atoms with van der Waals surface area (Å²) in [7, 11) is 0. The van der Waals surface area contributed by atoms with Gasteiger partial charge in [-0.3, -0.25) is 0 Å². The van der Waals surface area contributed by atoms with E-state index in [9.17, 15) is 9.59 Å². The first-order valence-corrected chi connectivity index (χ1v) is 13.8. The Morgan fingerprint density at radius 2 is 1.24 bits per heavy atom. The summed E-state index contributed by atoms with van der Waals surface area (Å²) >= 11 is 0. The van der Waals surface area contributed by atoms with Crippen molar-refractivity contribution in [3.63, 3.8) is 0 Å². The molecule has 0 N–H and O–H groups in total. The maximum atomic E-state index is 12.6. The van der Waals surface area contributed by atoms with E-state index in [1.54, 1.807) is 36.4 Å². The normalized spacial score (nSPS) is 12.4. The largest absolute Gasteiger partial charge is 0.493 e. The SMILES string of the molecule is CCCCCC[C@@H](C)OC(=O)c1ccc(-c2ccc(C(=O)Oc3ccc(OC[C@@H](C)CC)cc3)cc2)cc1. The zero-order valence-electron chi connectivity index (χ0n) is 23.1. The van der Waals surface area contributed by atoms with E-state index in [4.69, 9.17) is 14.2 Å². The minimum Gasteiger partial charge on any atom is -0.493 e. The van der Waals surface area contributed by atoms with Gasteiger partial charge in [0.25, 0.3) is 0 Å². The quantitative estimate of drug-likeness (QED) is 0.122. The number of esters is 2. The molecule has 0 amide bonds. The Kier molecular flexibility index (Phi) is 11.4. The van der Waals surface area contributed by atoms with Crippen LogP contribution in [0.15, 0.2) is 72.8 Å². The highest BCUT2D eigenvalue weighted by atomic mass is 16.5. The lowest BCUT2D eigenvalue weighted by atomic mass is 10.0. The van der Waals surface area contributed by atoms with Gasteiger partial charge in [0.15, 0.2) is 0 Å². The molecule has 0 spiro atoms. The fourth-order valence-corrected chi connectivity index (χ4v) is 3.89. The molecule has 202 valence electrons. The first-order valence-electron chi connectivity index (χ1n) is 13.8. The van der Waals surface area contributed by atoms with Crippen LogP contribution in [0.2, 0.25) is 0 Å². The van der Waals surface area contributed by atoms with Crippen molar-refractivity contribution in [2.75, 3.05) is 6.61 Å². The number of hydrogen-bond acceptors (Lipinski definition) is 5. The molecule has 0 aliphatic heterocycles. The highest BCUT2D eigenvalue weighted by Gasteiger charge is 2.13. The zero-order chi connectivity index (χ0) is 27.3. The van der Waals surface area contributed by atoms with Crippen molar-refractivity contribution in [1.29, 1.82) is 0 Å². The van der Waals surface area contributed by atoms with Crippen LogP contribution >= 0.6 is 0 Å². The Labute approximate surface area is 227 Å². The molecule has 3 aromatic carbocycles. The minimum atomic E-state index is -0.424. The van der Waals surface area contributed by atoms with Crippen molar-refractivity contribution in [3.05, 3.63) is 83.9 Å². The van der Waals surface area contributed by atoms with E-state index in [2.05, 4.69) is 20.8 Å². The summed E-state index contributed by atoms with van der Waals surface area (Å²) in [4.78, 5) is 25.1. The van der Waals surface area contributed by atoms with Crippen molar-refractivity contribution >= 4 is 11.9 Å². The Balaban J connectivity index is 1.52. The lowest BCUT2D eigenvalue weighted by molar-refractivity contribution is 0.0319. The molecule has 0 saturated carbocycles. The Morgan fingerprint density at radius 1 is 0.684 bits per heavy atom. The van der Waals surface area contributed by atoms with Crippen molar-refractivity contribution in [3.8, 4) is 22.6 Å². The van der Waals surface area contributed by atoms with Crippen molar-refractivity contribution in [1.82, 2.24) is 0 Å². The molecule has 0 fully saturated rings. The Morgan fingerprint density at radius 3 is 1.79 bits per heavy atom. The molecular formula is C33H40O5. The molecule has 0 bridgehead atoms. The van der Waals surface area contributed by atoms with Crippen LogP contribution in [0.4, 0.5) is 0 Å². The van der Waals surface area contributed by atoms with E-state index in [1.165, 1.54) is 19.3 Å². The van der Waals surface area contributed by atoms with Gasteiger partial charge in [-0.25, -0.2) is 9.59 Å². The van der Waals surface area contributed by atoms with E-state index in [0.717, 1.165) is 36.1 Å². The third-order valence-corrected chi connectivity index (χ3v) is 6.61. The average Bonchev–Trinajstić information content (AvgIpc) is 2.95. The van der Waals surface area contributed by atoms with Crippen molar-refractivity contribution in [2.24, 2.45) is 5.92 Å². The van der Waals surface area contributed by atoms with Crippen LogP contribution in [0.1, 0.15) is 86.9 Å². The van der Waals surface area contributed by atoms with Gasteiger partial charge in [-0.05, 0) is 85.3 Å². The van der Waals surface area contributed by atoms with Gasteiger partial charge < -0.3 is 14.2 Å². The molecule has 0 heterocycles. The monoisotopic (exact) mass is 516 g/mol. The van der Waals surface area contributed by atoms with Crippen LogP contribution in [-0.2, 0) is 4.74 Å². The van der Waals surface area contributed by atoms with Gasteiger partial charge in [-0.15, -0.1) is 0 Å². The number of unbranched alkanes of at least 4 members (excludes halogenated alkanes) is 3. The molecule has 2 atom stereocenters. The molecule has 0 aliphatic carbocycles. The predicted octanol–water partition coefficient (Wildman–Crippen LogP) is 8.51. The molecule has 3 rings (SSSR count). The Hall–Kier alpha value is -3.60. The van der Waals surface area contributed by atoms with Gasteiger partial charge in [0.05, 0.1) is 23.8 Å². The first-order chi connectivity index (χ1) is 18.4. The number of carbonyl (C=O) groups is 2. The number of rotatable bonds is 14. The zero-order valence-corrected chi connectivity index (χ0v) is 23.1. The maximum absolute atomic E-state index is 12.6. The van der Waals surface area contributed by atoms with Gasteiger partial charge in [-0.1, -0.05) is 70.7 Å². The van der Waals surface area contributed by atoms with Crippen LogP contribution in [-0.4, -0.2) is 24.6 Å². The van der Waals surface area contributed by atoms with E-state index in [-0.39, 0.29) is 12.1 Å². The van der Waals surface area contributed by atoms with E-state index >= 15 is 0 Å². The van der Waals surface area contributed by atoms with Crippen LogP contribution in [0.25, 0.3) is 11.1 Å². The smallest absolute Gasteiger partial charge is 0.343 e. The number of ether oxygens (including phenoxy) is 3. The van der Waals surface area contributed by atoms with E-state index < -0.39 is 5.97 Å². The summed E-state index contributed by atoms with van der Waals surface area (Å²) in [6.45, 7) is 9.07. The fraction of sp³-hybridized carbons (Fsp3) is 0.394. The van der Waals surface area contributed by atoms with Gasteiger partial charge in [-0.2, -0.15) is 0 Å². The highest BCUT2D eigenvalue weighted by Crippen LogP contribution is 2.23. The summed E-state index contributed by atoms with van der Waals surface area (Å²) in [5.74, 6) is 0.987. The van der Waals surface area contributed by atoms with Gasteiger partial charge in [0.2, 0.25) is 0 Å². The number of carbonyl (C=O) groups excluding carboxylic acids is 2. The van der Waals surface area contributed by atoms with Crippen molar-refractivity contribution in [2.45, 2.75) is 72.3 Å². The second kappa shape index (κ2) is 15.0. The predicted molar refractivity (Wildman–Crippen MR) is 152 cm³/mol. The molecule has 0 saturated heterocycles. The number of hydrogen-bond donors (Lipinski definition) is 0. The molecule has 3 aromatic rings. The summed E-state index contributed by atoms with van der Waals surface area (Å²) < 4.78 is 16.9. The van der Waals surface area contributed by atoms with Gasteiger partial charge in [0, 0.05) is 0 Å². The Bertz CT molecular complexity index is 1130. The summed E-state index contributed by atoms with van der Waals surface area (Å²) in [6.07, 6.45) is 6.51. The summed E-state index contributed by atoms with van der Waals surface area (Å²) in [6, 6.07) is 21.6. The van der Waals surface area contributed by atoms with Crippen LogP contribution < -0.4 is 9.47 Å². The molecule has 0 unspecified atom stereocenters. The van der Waals surface area contributed by atoms with Crippen LogP contribution in [0.3, 0.4) is 0 Å². The lowest BCUT2D eigenvalue weighted by Crippen LogP contribution is -2.15.